The Bertz CT molecular complexity index is 1180. The first kappa shape index (κ1) is 15.5. The molecule has 4 rings (SSSR count). The van der Waals surface area contributed by atoms with Gasteiger partial charge in [0.1, 0.15) is 5.75 Å². The quantitative estimate of drug-likeness (QED) is 0.571. The number of hydrogen-bond acceptors (Lipinski definition) is 5. The number of thiazole rings is 1. The van der Waals surface area contributed by atoms with Crippen molar-refractivity contribution < 1.29 is 4.74 Å². The van der Waals surface area contributed by atoms with E-state index in [9.17, 15) is 4.79 Å². The van der Waals surface area contributed by atoms with Gasteiger partial charge in [0.05, 0.1) is 11.6 Å². The summed E-state index contributed by atoms with van der Waals surface area (Å²) < 4.78 is 7.54. The molecule has 124 valence electrons. The largest absolute Gasteiger partial charge is 0.496 e. The molecule has 6 heteroatoms. The molecule has 2 aromatic heterocycles. The van der Waals surface area contributed by atoms with Crippen LogP contribution in [-0.2, 0) is 0 Å². The normalized spacial score (nSPS) is 12.0. The highest BCUT2D eigenvalue weighted by molar-refractivity contribution is 7.15. The van der Waals surface area contributed by atoms with E-state index in [2.05, 4.69) is 10.2 Å². The summed E-state index contributed by atoms with van der Waals surface area (Å²) in [7, 11) is 1.62. The molecule has 0 aliphatic carbocycles. The van der Waals surface area contributed by atoms with E-state index in [1.807, 2.05) is 61.5 Å². The van der Waals surface area contributed by atoms with Gasteiger partial charge in [-0.2, -0.15) is 0 Å². The molecule has 5 nitrogen and oxygen atoms in total. The van der Waals surface area contributed by atoms with E-state index in [0.717, 1.165) is 22.4 Å². The van der Waals surface area contributed by atoms with Crippen molar-refractivity contribution >= 4 is 22.4 Å². The Hall–Kier alpha value is -2.99. The standard InChI is InChI=1S/C19H15N3O2S/c1-12-7-3-5-9-14(12)17-20-21-19-22(17)18(23)16(25-19)11-13-8-4-6-10-15(13)24-2/h3-11H,1-2H3/b16-11+. The summed E-state index contributed by atoms with van der Waals surface area (Å²) in [6.45, 7) is 2.00. The molecule has 0 aliphatic heterocycles. The van der Waals surface area contributed by atoms with Gasteiger partial charge >= 0.3 is 0 Å². The number of rotatable bonds is 3. The van der Waals surface area contributed by atoms with Crippen LogP contribution in [0.4, 0.5) is 0 Å². The second kappa shape index (κ2) is 6.14. The average Bonchev–Trinajstić information content (AvgIpc) is 3.17. The molecule has 0 bridgehead atoms. The minimum Gasteiger partial charge on any atom is -0.496 e. The fraction of sp³-hybridized carbons (Fsp3) is 0.105. The van der Waals surface area contributed by atoms with Crippen LogP contribution in [0.3, 0.4) is 0 Å². The van der Waals surface area contributed by atoms with E-state index in [0.29, 0.717) is 15.3 Å². The Labute approximate surface area is 147 Å². The zero-order chi connectivity index (χ0) is 17.4. The Morgan fingerprint density at radius 3 is 2.64 bits per heavy atom. The van der Waals surface area contributed by atoms with Gasteiger partial charge in [-0.05, 0) is 24.6 Å². The minimum atomic E-state index is -0.117. The molecule has 0 fully saturated rings. The number of aryl methyl sites for hydroxylation is 1. The van der Waals surface area contributed by atoms with Crippen LogP contribution in [0, 0.1) is 6.92 Å². The summed E-state index contributed by atoms with van der Waals surface area (Å²) in [4.78, 5) is 13.5. The molecule has 0 amide bonds. The Morgan fingerprint density at radius 1 is 1.08 bits per heavy atom. The first-order valence-electron chi connectivity index (χ1n) is 7.77. The van der Waals surface area contributed by atoms with Crippen LogP contribution in [0.15, 0.2) is 53.3 Å². The molecule has 0 aliphatic rings. The zero-order valence-electron chi connectivity index (χ0n) is 13.8. The fourth-order valence-electron chi connectivity index (χ4n) is 2.79. The smallest absolute Gasteiger partial charge is 0.276 e. The van der Waals surface area contributed by atoms with Crippen LogP contribution in [0.5, 0.6) is 5.75 Å². The first-order chi connectivity index (χ1) is 12.2. The predicted molar refractivity (Wildman–Crippen MR) is 99.1 cm³/mol. The number of para-hydroxylation sites is 1. The van der Waals surface area contributed by atoms with Crippen LogP contribution in [0.2, 0.25) is 0 Å². The molecular formula is C19H15N3O2S. The van der Waals surface area contributed by atoms with Gasteiger partial charge in [-0.3, -0.25) is 4.79 Å². The van der Waals surface area contributed by atoms with E-state index in [1.165, 1.54) is 11.3 Å². The molecule has 0 atom stereocenters. The second-order valence-electron chi connectivity index (χ2n) is 5.61. The summed E-state index contributed by atoms with van der Waals surface area (Å²) in [6, 6.07) is 15.4. The maximum Gasteiger partial charge on any atom is 0.276 e. The summed E-state index contributed by atoms with van der Waals surface area (Å²) in [5, 5.41) is 8.40. The van der Waals surface area contributed by atoms with Gasteiger partial charge in [-0.15, -0.1) is 10.2 Å². The lowest BCUT2D eigenvalue weighted by Crippen LogP contribution is -2.23. The minimum absolute atomic E-state index is 0.117. The molecule has 0 spiro atoms. The van der Waals surface area contributed by atoms with E-state index in [-0.39, 0.29) is 5.56 Å². The predicted octanol–water partition coefficient (Wildman–Crippen LogP) is 2.68. The van der Waals surface area contributed by atoms with E-state index >= 15 is 0 Å². The summed E-state index contributed by atoms with van der Waals surface area (Å²) >= 11 is 1.33. The van der Waals surface area contributed by atoms with Crippen LogP contribution in [0.1, 0.15) is 11.1 Å². The molecule has 0 saturated carbocycles. The first-order valence-corrected chi connectivity index (χ1v) is 8.59. The number of nitrogens with zero attached hydrogens (tertiary/aromatic N) is 3. The molecule has 0 unspecified atom stereocenters. The lowest BCUT2D eigenvalue weighted by atomic mass is 10.1. The molecule has 25 heavy (non-hydrogen) atoms. The van der Waals surface area contributed by atoms with Gasteiger partial charge in [0.2, 0.25) is 4.96 Å². The van der Waals surface area contributed by atoms with E-state index in [4.69, 9.17) is 4.74 Å². The van der Waals surface area contributed by atoms with Crippen molar-refractivity contribution in [2.24, 2.45) is 0 Å². The van der Waals surface area contributed by atoms with Crippen LogP contribution in [0.25, 0.3) is 22.4 Å². The van der Waals surface area contributed by atoms with Gasteiger partial charge < -0.3 is 4.74 Å². The number of hydrogen-bond donors (Lipinski definition) is 0. The highest BCUT2D eigenvalue weighted by atomic mass is 32.1. The Balaban J connectivity index is 1.95. The molecule has 0 N–H and O–H groups in total. The van der Waals surface area contributed by atoms with Gasteiger partial charge in [-0.1, -0.05) is 53.8 Å². The fourth-order valence-corrected chi connectivity index (χ4v) is 3.69. The van der Waals surface area contributed by atoms with Crippen LogP contribution in [-0.4, -0.2) is 21.7 Å². The average molecular weight is 349 g/mol. The molecule has 2 aromatic carbocycles. The molecule has 2 heterocycles. The van der Waals surface area contributed by atoms with Crippen LogP contribution < -0.4 is 14.8 Å². The summed E-state index contributed by atoms with van der Waals surface area (Å²) in [6.07, 6.45) is 1.84. The van der Waals surface area contributed by atoms with Crippen molar-refractivity contribution in [3.8, 4) is 17.1 Å². The SMILES string of the molecule is COc1ccccc1/C=c1/sc2nnc(-c3ccccc3C)n2c1=O. The number of aromatic nitrogens is 3. The lowest BCUT2D eigenvalue weighted by molar-refractivity contribution is 0.414. The highest BCUT2D eigenvalue weighted by Gasteiger charge is 2.15. The van der Waals surface area contributed by atoms with Crippen LogP contribution >= 0.6 is 11.3 Å². The van der Waals surface area contributed by atoms with Crippen molar-refractivity contribution in [1.82, 2.24) is 14.6 Å². The Morgan fingerprint density at radius 2 is 1.84 bits per heavy atom. The van der Waals surface area contributed by atoms with E-state index in [1.54, 1.807) is 11.5 Å². The molecular weight excluding hydrogens is 334 g/mol. The second-order valence-corrected chi connectivity index (χ2v) is 6.62. The summed E-state index contributed by atoms with van der Waals surface area (Å²) in [5.74, 6) is 1.30. The maximum atomic E-state index is 12.9. The van der Waals surface area contributed by atoms with Crippen molar-refractivity contribution in [1.29, 1.82) is 0 Å². The molecule has 0 radical (unpaired) electrons. The number of methoxy groups -OCH3 is 1. The number of fused-ring (bicyclic) bond motifs is 1. The van der Waals surface area contributed by atoms with Crippen molar-refractivity contribution in [2.75, 3.05) is 7.11 Å². The highest BCUT2D eigenvalue weighted by Crippen LogP contribution is 2.22. The van der Waals surface area contributed by atoms with Gasteiger partial charge in [0, 0.05) is 11.1 Å². The van der Waals surface area contributed by atoms with Crippen molar-refractivity contribution in [3.63, 3.8) is 0 Å². The van der Waals surface area contributed by atoms with Crippen molar-refractivity contribution in [3.05, 3.63) is 74.5 Å². The zero-order valence-corrected chi connectivity index (χ0v) is 14.6. The molecule has 0 saturated heterocycles. The van der Waals surface area contributed by atoms with E-state index < -0.39 is 0 Å². The third kappa shape index (κ3) is 2.60. The number of benzene rings is 2. The van der Waals surface area contributed by atoms with Gasteiger partial charge in [0.15, 0.2) is 5.82 Å². The van der Waals surface area contributed by atoms with Gasteiger partial charge in [0.25, 0.3) is 5.56 Å². The topological polar surface area (TPSA) is 56.5 Å². The monoisotopic (exact) mass is 349 g/mol. The number of ether oxygens (including phenoxy) is 1. The van der Waals surface area contributed by atoms with Crippen molar-refractivity contribution in [2.45, 2.75) is 6.92 Å². The molecule has 4 aromatic rings. The van der Waals surface area contributed by atoms with Gasteiger partial charge in [-0.25, -0.2) is 4.40 Å². The lowest BCUT2D eigenvalue weighted by Gasteiger charge is -2.02. The summed E-state index contributed by atoms with van der Waals surface area (Å²) in [5.41, 5.74) is 2.71. The third-order valence-electron chi connectivity index (χ3n) is 4.06. The maximum absolute atomic E-state index is 12.9. The third-order valence-corrected chi connectivity index (χ3v) is 5.02. The Kier molecular flexibility index (Phi) is 3.82.